The molecule has 0 aromatic rings. The van der Waals surface area contributed by atoms with Gasteiger partial charge in [0.1, 0.15) is 0 Å². The lowest BCUT2D eigenvalue weighted by Crippen LogP contribution is -2.11. The molecule has 0 unspecified atom stereocenters. The van der Waals surface area contributed by atoms with E-state index in [2.05, 4.69) is 33.8 Å². The third-order valence-corrected chi connectivity index (χ3v) is 0.729. The molecule has 0 amide bonds. The summed E-state index contributed by atoms with van der Waals surface area (Å²) in [5.74, 6) is 0. The summed E-state index contributed by atoms with van der Waals surface area (Å²) in [4.78, 5) is 8.98. The van der Waals surface area contributed by atoms with Crippen LogP contribution in [0.25, 0.3) is 0 Å². The second-order valence-electron chi connectivity index (χ2n) is 1.40. The van der Waals surface area contributed by atoms with Crippen LogP contribution in [-0.2, 0) is 0 Å². The van der Waals surface area contributed by atoms with Crippen LogP contribution >= 0.6 is 23.2 Å². The molecule has 1 fully saturated rings. The van der Waals surface area contributed by atoms with Crippen LogP contribution in [0.15, 0.2) is 0 Å². The Morgan fingerprint density at radius 3 is 1.67 bits per heavy atom. The third-order valence-electron chi connectivity index (χ3n) is 0.729. The fourth-order valence-corrected chi connectivity index (χ4v) is 0.442. The normalized spacial score (nSPS) is 16.2. The molecule has 0 saturated carbocycles. The molecule has 0 atom stereocenters. The minimum absolute atomic E-state index is 0.889. The summed E-state index contributed by atoms with van der Waals surface area (Å²) in [7, 11) is 0. The van der Waals surface area contributed by atoms with Gasteiger partial charge < -0.3 is 10.6 Å². The lowest BCUT2D eigenvalue weighted by Gasteiger charge is -1.77. The molecular weight excluding hydrogens is 163 g/mol. The first-order chi connectivity index (χ1) is 4.23. The fraction of sp³-hybridized carbons (Fsp3) is 0.750. The quantitative estimate of drug-likeness (QED) is 0.527. The highest BCUT2D eigenvalue weighted by atomic mass is 35.5. The van der Waals surface area contributed by atoms with Gasteiger partial charge in [0, 0.05) is 19.8 Å². The van der Waals surface area contributed by atoms with Gasteiger partial charge >= 0.3 is 4.70 Å². The SMILES string of the molecule is C1CNCN1.O=C(Cl)Cl. The van der Waals surface area contributed by atoms with Gasteiger partial charge in [-0.2, -0.15) is 0 Å². The van der Waals surface area contributed by atoms with Gasteiger partial charge in [-0.15, -0.1) is 0 Å². The van der Waals surface area contributed by atoms with Crippen molar-refractivity contribution in [2.45, 2.75) is 0 Å². The predicted molar refractivity (Wildman–Crippen MR) is 38.0 cm³/mol. The Kier molecular flexibility index (Phi) is 6.41. The van der Waals surface area contributed by atoms with Gasteiger partial charge in [0.25, 0.3) is 0 Å². The molecule has 1 aliphatic heterocycles. The molecule has 1 rings (SSSR count). The summed E-state index contributed by atoms with van der Waals surface area (Å²) < 4.78 is -0.889. The smallest absolute Gasteiger partial charge is 0.303 e. The first-order valence-electron chi connectivity index (χ1n) is 2.50. The van der Waals surface area contributed by atoms with Crippen molar-refractivity contribution >= 4 is 27.9 Å². The second kappa shape index (κ2) is 6.29. The molecule has 0 aromatic heterocycles. The number of hydrogen-bond donors (Lipinski definition) is 2. The summed E-state index contributed by atoms with van der Waals surface area (Å²) in [5, 5.41) is 6.22. The van der Waals surface area contributed by atoms with Gasteiger partial charge in [-0.05, 0) is 23.2 Å². The minimum atomic E-state index is -0.889. The predicted octanol–water partition coefficient (Wildman–Crippen LogP) is 0.721. The zero-order valence-corrected chi connectivity index (χ0v) is 6.30. The Balaban J connectivity index is 0.000000148. The summed E-state index contributed by atoms with van der Waals surface area (Å²) in [6.07, 6.45) is 0. The molecule has 0 spiro atoms. The molecular formula is C4H8Cl2N2O. The maximum absolute atomic E-state index is 8.98. The Morgan fingerprint density at radius 2 is 1.56 bits per heavy atom. The van der Waals surface area contributed by atoms with Crippen molar-refractivity contribution in [1.29, 1.82) is 0 Å². The van der Waals surface area contributed by atoms with Crippen LogP contribution < -0.4 is 10.6 Å². The highest BCUT2D eigenvalue weighted by Gasteiger charge is 1.90. The third kappa shape index (κ3) is 11.6. The molecule has 1 saturated heterocycles. The van der Waals surface area contributed by atoms with Crippen molar-refractivity contribution in [1.82, 2.24) is 10.6 Å². The molecule has 1 aliphatic rings. The van der Waals surface area contributed by atoms with Crippen LogP contribution in [0.1, 0.15) is 0 Å². The zero-order chi connectivity index (χ0) is 7.11. The summed E-state index contributed by atoms with van der Waals surface area (Å²) in [6, 6.07) is 0. The average Bonchev–Trinajstić information content (AvgIpc) is 2.11. The fourth-order valence-electron chi connectivity index (χ4n) is 0.442. The van der Waals surface area contributed by atoms with E-state index in [1.807, 2.05) is 0 Å². The molecule has 3 nitrogen and oxygen atoms in total. The highest BCUT2D eigenvalue weighted by Crippen LogP contribution is 1.84. The van der Waals surface area contributed by atoms with Gasteiger partial charge in [-0.3, -0.25) is 4.79 Å². The van der Waals surface area contributed by atoms with E-state index in [-0.39, 0.29) is 0 Å². The molecule has 0 aromatic carbocycles. The van der Waals surface area contributed by atoms with Crippen LogP contribution in [0.4, 0.5) is 4.79 Å². The Labute approximate surface area is 63.7 Å². The number of nitrogens with one attached hydrogen (secondary N) is 2. The van der Waals surface area contributed by atoms with Gasteiger partial charge in [-0.1, -0.05) is 0 Å². The van der Waals surface area contributed by atoms with Crippen LogP contribution in [0, 0.1) is 0 Å². The van der Waals surface area contributed by atoms with Crippen LogP contribution in [-0.4, -0.2) is 24.5 Å². The van der Waals surface area contributed by atoms with Gasteiger partial charge in [0.15, 0.2) is 0 Å². The first kappa shape index (κ1) is 9.17. The van der Waals surface area contributed by atoms with E-state index in [0.717, 1.165) is 19.8 Å². The average molecular weight is 171 g/mol. The maximum Gasteiger partial charge on any atom is 0.313 e. The van der Waals surface area contributed by atoms with E-state index >= 15 is 0 Å². The van der Waals surface area contributed by atoms with E-state index in [0.29, 0.717) is 0 Å². The molecule has 0 bridgehead atoms. The standard InChI is InChI=1S/C3H8N2.CCl2O/c1-2-5-3-4-1;2-1(3)4/h4-5H,1-3H2;. The van der Waals surface area contributed by atoms with Crippen LogP contribution in [0.2, 0.25) is 0 Å². The summed E-state index contributed by atoms with van der Waals surface area (Å²) in [6.45, 7) is 3.28. The Hall–Kier alpha value is 0.170. The van der Waals surface area contributed by atoms with E-state index in [4.69, 9.17) is 4.79 Å². The molecule has 5 heteroatoms. The molecule has 54 valence electrons. The van der Waals surface area contributed by atoms with Crippen LogP contribution in [0.5, 0.6) is 0 Å². The molecule has 0 aliphatic carbocycles. The van der Waals surface area contributed by atoms with Crippen molar-refractivity contribution in [2.75, 3.05) is 19.8 Å². The van der Waals surface area contributed by atoms with E-state index in [1.54, 1.807) is 0 Å². The number of rotatable bonds is 0. The molecule has 1 heterocycles. The molecule has 2 N–H and O–H groups in total. The van der Waals surface area contributed by atoms with Crippen molar-refractivity contribution in [3.8, 4) is 0 Å². The van der Waals surface area contributed by atoms with Gasteiger partial charge in [0.05, 0.1) is 0 Å². The lowest BCUT2D eigenvalue weighted by molar-refractivity contribution is 0.275. The Morgan fingerprint density at radius 1 is 1.22 bits per heavy atom. The molecule has 9 heavy (non-hydrogen) atoms. The number of carbonyl (C=O) groups excluding carboxylic acids is 1. The van der Waals surface area contributed by atoms with Crippen LogP contribution in [0.3, 0.4) is 0 Å². The van der Waals surface area contributed by atoms with Gasteiger partial charge in [0.2, 0.25) is 0 Å². The van der Waals surface area contributed by atoms with Crippen molar-refractivity contribution in [2.24, 2.45) is 0 Å². The zero-order valence-electron chi connectivity index (χ0n) is 4.79. The topological polar surface area (TPSA) is 41.1 Å². The largest absolute Gasteiger partial charge is 0.313 e. The van der Waals surface area contributed by atoms with E-state index in [9.17, 15) is 0 Å². The number of carbonyl (C=O) groups is 1. The number of hydrogen-bond acceptors (Lipinski definition) is 3. The lowest BCUT2D eigenvalue weighted by atomic mass is 10.7. The van der Waals surface area contributed by atoms with Gasteiger partial charge in [-0.25, -0.2) is 0 Å². The van der Waals surface area contributed by atoms with Crippen molar-refractivity contribution in [3.63, 3.8) is 0 Å². The second-order valence-corrected chi connectivity index (χ2v) is 2.28. The summed E-state index contributed by atoms with van der Waals surface area (Å²) in [5.41, 5.74) is 0. The highest BCUT2D eigenvalue weighted by molar-refractivity contribution is 6.93. The first-order valence-corrected chi connectivity index (χ1v) is 3.25. The molecule has 0 radical (unpaired) electrons. The Bertz CT molecular complexity index is 73.0. The number of halogens is 2. The van der Waals surface area contributed by atoms with E-state index < -0.39 is 4.70 Å². The van der Waals surface area contributed by atoms with Crippen molar-refractivity contribution < 1.29 is 4.79 Å². The monoisotopic (exact) mass is 170 g/mol. The van der Waals surface area contributed by atoms with E-state index in [1.165, 1.54) is 0 Å². The maximum atomic E-state index is 8.98. The minimum Gasteiger partial charge on any atom is -0.303 e. The van der Waals surface area contributed by atoms with Crippen molar-refractivity contribution in [3.05, 3.63) is 0 Å². The summed E-state index contributed by atoms with van der Waals surface area (Å²) >= 11 is 8.80.